The number of nitrogens with one attached hydrogen (secondary N) is 1. The van der Waals surface area contributed by atoms with Crippen molar-refractivity contribution in [1.82, 2.24) is 4.90 Å². The summed E-state index contributed by atoms with van der Waals surface area (Å²) in [5.74, 6) is 0.444. The zero-order valence-electron chi connectivity index (χ0n) is 11.6. The van der Waals surface area contributed by atoms with E-state index in [2.05, 4.69) is 10.2 Å². The maximum atomic E-state index is 12.0. The molecule has 1 heterocycles. The molecule has 1 saturated heterocycles. The van der Waals surface area contributed by atoms with Crippen LogP contribution in [0.4, 0.5) is 11.4 Å². The predicted octanol–water partition coefficient (Wildman–Crippen LogP) is 1.83. The molecule has 0 aromatic heterocycles. The number of hydrogen-bond acceptors (Lipinski definition) is 4. The molecule has 3 N–H and O–H groups in total. The molecular formula is C14H20ClN3O2. The van der Waals surface area contributed by atoms with Crippen LogP contribution in [0, 0.1) is 5.92 Å². The van der Waals surface area contributed by atoms with Crippen molar-refractivity contribution in [1.29, 1.82) is 0 Å². The van der Waals surface area contributed by atoms with Gasteiger partial charge in [0, 0.05) is 19.3 Å². The number of benzene rings is 1. The Morgan fingerprint density at radius 2 is 2.40 bits per heavy atom. The number of rotatable bonds is 5. The highest BCUT2D eigenvalue weighted by Crippen LogP contribution is 2.24. The molecule has 20 heavy (non-hydrogen) atoms. The van der Waals surface area contributed by atoms with Crippen molar-refractivity contribution in [2.75, 3.05) is 44.4 Å². The summed E-state index contributed by atoms with van der Waals surface area (Å²) < 4.78 is 5.15. The predicted molar refractivity (Wildman–Crippen MR) is 80.9 cm³/mol. The van der Waals surface area contributed by atoms with Crippen LogP contribution in [-0.2, 0) is 9.53 Å². The highest BCUT2D eigenvalue weighted by molar-refractivity contribution is 6.33. The van der Waals surface area contributed by atoms with Crippen molar-refractivity contribution >= 4 is 28.9 Å². The van der Waals surface area contributed by atoms with Gasteiger partial charge in [-0.2, -0.15) is 0 Å². The minimum absolute atomic E-state index is 0.0735. The lowest BCUT2D eigenvalue weighted by atomic mass is 10.1. The molecule has 5 nitrogen and oxygen atoms in total. The van der Waals surface area contributed by atoms with Gasteiger partial charge in [0.2, 0.25) is 5.91 Å². The van der Waals surface area contributed by atoms with Gasteiger partial charge >= 0.3 is 0 Å². The van der Waals surface area contributed by atoms with Crippen molar-refractivity contribution in [2.24, 2.45) is 5.92 Å². The lowest BCUT2D eigenvalue weighted by molar-refractivity contribution is -0.117. The number of amides is 1. The summed E-state index contributed by atoms with van der Waals surface area (Å²) >= 11 is 6.02. The van der Waals surface area contributed by atoms with Crippen LogP contribution in [0.2, 0.25) is 5.02 Å². The van der Waals surface area contributed by atoms with Crippen molar-refractivity contribution in [2.45, 2.75) is 6.42 Å². The smallest absolute Gasteiger partial charge is 0.238 e. The Morgan fingerprint density at radius 1 is 1.60 bits per heavy atom. The summed E-state index contributed by atoms with van der Waals surface area (Å²) in [5, 5.41) is 3.29. The molecule has 0 spiro atoms. The minimum atomic E-state index is -0.0735. The van der Waals surface area contributed by atoms with Gasteiger partial charge in [-0.25, -0.2) is 0 Å². The Labute approximate surface area is 124 Å². The maximum absolute atomic E-state index is 12.0. The van der Waals surface area contributed by atoms with E-state index in [1.807, 2.05) is 0 Å². The zero-order valence-corrected chi connectivity index (χ0v) is 12.3. The standard InChI is InChI=1S/C14H20ClN3O2/c1-20-9-10-4-5-18(7-10)8-14(19)17-13-6-11(16)2-3-12(13)15/h2-3,6,10H,4-5,7-9,16H2,1H3,(H,17,19). The van der Waals surface area contributed by atoms with E-state index >= 15 is 0 Å². The van der Waals surface area contributed by atoms with Crippen molar-refractivity contribution < 1.29 is 9.53 Å². The van der Waals surface area contributed by atoms with Gasteiger partial charge in [-0.3, -0.25) is 9.69 Å². The zero-order chi connectivity index (χ0) is 14.5. The fraction of sp³-hybridized carbons (Fsp3) is 0.500. The van der Waals surface area contributed by atoms with E-state index in [1.54, 1.807) is 25.3 Å². The number of carbonyl (C=O) groups excluding carboxylic acids is 1. The Kier molecular flexibility index (Phi) is 5.23. The molecule has 0 saturated carbocycles. The van der Waals surface area contributed by atoms with Gasteiger partial charge in [0.25, 0.3) is 0 Å². The second-order valence-electron chi connectivity index (χ2n) is 5.13. The van der Waals surface area contributed by atoms with E-state index in [4.69, 9.17) is 22.1 Å². The van der Waals surface area contributed by atoms with Crippen LogP contribution < -0.4 is 11.1 Å². The molecule has 1 aromatic rings. The number of methoxy groups -OCH3 is 1. The van der Waals surface area contributed by atoms with Gasteiger partial charge < -0.3 is 15.8 Å². The lowest BCUT2D eigenvalue weighted by Gasteiger charge is -2.16. The first kappa shape index (κ1) is 15.1. The normalized spacial score (nSPS) is 19.2. The molecule has 110 valence electrons. The average molecular weight is 298 g/mol. The van der Waals surface area contributed by atoms with E-state index < -0.39 is 0 Å². The second-order valence-corrected chi connectivity index (χ2v) is 5.54. The number of halogens is 1. The second kappa shape index (κ2) is 6.92. The van der Waals surface area contributed by atoms with E-state index in [9.17, 15) is 4.79 Å². The molecule has 1 aliphatic heterocycles. The van der Waals surface area contributed by atoms with E-state index in [-0.39, 0.29) is 5.91 Å². The third-order valence-corrected chi connectivity index (χ3v) is 3.73. The topological polar surface area (TPSA) is 67.6 Å². The van der Waals surface area contributed by atoms with Crippen LogP contribution in [0.5, 0.6) is 0 Å². The average Bonchev–Trinajstić information content (AvgIpc) is 2.81. The van der Waals surface area contributed by atoms with Gasteiger partial charge in [0.15, 0.2) is 0 Å². The van der Waals surface area contributed by atoms with E-state index in [0.717, 1.165) is 26.1 Å². The van der Waals surface area contributed by atoms with Gasteiger partial charge in [-0.1, -0.05) is 11.6 Å². The number of nitrogen functional groups attached to an aromatic ring is 1. The van der Waals surface area contributed by atoms with Crippen LogP contribution in [-0.4, -0.2) is 44.2 Å². The number of ether oxygens (including phenoxy) is 1. The fourth-order valence-electron chi connectivity index (χ4n) is 2.46. The summed E-state index contributed by atoms with van der Waals surface area (Å²) in [6, 6.07) is 5.04. The highest BCUT2D eigenvalue weighted by Gasteiger charge is 2.23. The van der Waals surface area contributed by atoms with Crippen molar-refractivity contribution in [3.05, 3.63) is 23.2 Å². The molecular weight excluding hydrogens is 278 g/mol. The molecule has 1 amide bonds. The Hall–Kier alpha value is -1.30. The third-order valence-electron chi connectivity index (χ3n) is 3.40. The number of likely N-dealkylation sites (tertiary alicyclic amines) is 1. The van der Waals surface area contributed by atoms with Gasteiger partial charge in [0.1, 0.15) is 0 Å². The summed E-state index contributed by atoms with van der Waals surface area (Å²) in [6.45, 7) is 2.93. The summed E-state index contributed by atoms with van der Waals surface area (Å²) in [4.78, 5) is 14.1. The molecule has 1 fully saturated rings. The summed E-state index contributed by atoms with van der Waals surface area (Å²) in [5.41, 5.74) is 6.82. The van der Waals surface area contributed by atoms with Gasteiger partial charge in [-0.05, 0) is 37.1 Å². The third kappa shape index (κ3) is 4.10. The number of carbonyl (C=O) groups is 1. The Balaban J connectivity index is 1.85. The molecule has 1 aromatic carbocycles. The first-order valence-electron chi connectivity index (χ1n) is 6.64. The van der Waals surface area contributed by atoms with Crippen LogP contribution in [0.3, 0.4) is 0 Å². The van der Waals surface area contributed by atoms with Gasteiger partial charge in [-0.15, -0.1) is 0 Å². The lowest BCUT2D eigenvalue weighted by Crippen LogP contribution is -2.32. The molecule has 1 unspecified atom stereocenters. The van der Waals surface area contributed by atoms with Crippen molar-refractivity contribution in [3.63, 3.8) is 0 Å². The van der Waals surface area contributed by atoms with Crippen LogP contribution in [0.15, 0.2) is 18.2 Å². The molecule has 1 atom stereocenters. The fourth-order valence-corrected chi connectivity index (χ4v) is 2.62. The molecule has 0 aliphatic carbocycles. The number of anilines is 2. The van der Waals surface area contributed by atoms with Crippen LogP contribution in [0.25, 0.3) is 0 Å². The maximum Gasteiger partial charge on any atom is 0.238 e. The van der Waals surface area contributed by atoms with Crippen molar-refractivity contribution in [3.8, 4) is 0 Å². The van der Waals surface area contributed by atoms with Crippen LogP contribution in [0.1, 0.15) is 6.42 Å². The molecule has 0 radical (unpaired) electrons. The quantitative estimate of drug-likeness (QED) is 0.814. The minimum Gasteiger partial charge on any atom is -0.399 e. The number of hydrogen-bond donors (Lipinski definition) is 2. The van der Waals surface area contributed by atoms with E-state index in [1.165, 1.54) is 0 Å². The Bertz CT molecular complexity index is 481. The molecule has 0 bridgehead atoms. The molecule has 2 rings (SSSR count). The first-order chi connectivity index (χ1) is 9.58. The number of nitrogens with zero attached hydrogens (tertiary/aromatic N) is 1. The van der Waals surface area contributed by atoms with Crippen LogP contribution >= 0.6 is 11.6 Å². The van der Waals surface area contributed by atoms with E-state index in [0.29, 0.717) is 28.9 Å². The summed E-state index contributed by atoms with van der Waals surface area (Å²) in [7, 11) is 1.71. The molecule has 1 aliphatic rings. The monoisotopic (exact) mass is 297 g/mol. The highest BCUT2D eigenvalue weighted by atomic mass is 35.5. The largest absolute Gasteiger partial charge is 0.399 e. The molecule has 6 heteroatoms. The summed E-state index contributed by atoms with van der Waals surface area (Å²) in [6.07, 6.45) is 1.07. The van der Waals surface area contributed by atoms with Gasteiger partial charge in [0.05, 0.1) is 23.9 Å². The SMILES string of the molecule is COCC1CCN(CC(=O)Nc2cc(N)ccc2Cl)C1. The Morgan fingerprint density at radius 3 is 3.15 bits per heavy atom. The number of nitrogens with two attached hydrogens (primary N) is 1. The first-order valence-corrected chi connectivity index (χ1v) is 7.02.